The Morgan fingerprint density at radius 1 is 1.00 bits per heavy atom. The summed E-state index contributed by atoms with van der Waals surface area (Å²) in [4.78, 5) is 38.9. The average Bonchev–Trinajstić information content (AvgIpc) is 2.79. The highest BCUT2D eigenvalue weighted by atomic mass is 19.4. The second kappa shape index (κ2) is 8.69. The molecule has 0 fully saturated rings. The molecule has 0 unspecified atom stereocenters. The number of carbonyl (C=O) groups excluding carboxylic acids is 2. The number of aromatic nitrogens is 1. The molecule has 0 saturated heterocycles. The van der Waals surface area contributed by atoms with Gasteiger partial charge in [0.2, 0.25) is 0 Å². The van der Waals surface area contributed by atoms with Gasteiger partial charge in [-0.1, -0.05) is 19.1 Å². The third-order valence-corrected chi connectivity index (χ3v) is 5.74. The van der Waals surface area contributed by atoms with Crippen LogP contribution in [0.1, 0.15) is 57.3 Å². The van der Waals surface area contributed by atoms with Crippen LogP contribution in [0.25, 0.3) is 5.69 Å². The molecule has 8 heteroatoms. The van der Waals surface area contributed by atoms with E-state index < -0.39 is 23.2 Å². The number of anilines is 1. The lowest BCUT2D eigenvalue weighted by atomic mass is 9.92. The SMILES string of the molecule is CCc1ccc(NC(=O)c2cc3c(n(-c4ccc(C(F)(F)F)cc4)c2=O)CCCC3=O)cc1. The maximum atomic E-state index is 13.3. The lowest BCUT2D eigenvalue weighted by molar-refractivity contribution is -0.137. The van der Waals surface area contributed by atoms with Crippen molar-refractivity contribution in [1.82, 2.24) is 4.57 Å². The van der Waals surface area contributed by atoms with Gasteiger partial charge in [-0.05, 0) is 67.3 Å². The van der Waals surface area contributed by atoms with Gasteiger partial charge in [0.05, 0.1) is 5.56 Å². The van der Waals surface area contributed by atoms with Gasteiger partial charge in [0.25, 0.3) is 11.5 Å². The van der Waals surface area contributed by atoms with Crippen molar-refractivity contribution in [2.45, 2.75) is 38.8 Å². The van der Waals surface area contributed by atoms with Gasteiger partial charge < -0.3 is 5.32 Å². The lowest BCUT2D eigenvalue weighted by Crippen LogP contribution is -2.33. The van der Waals surface area contributed by atoms with Gasteiger partial charge in [-0.3, -0.25) is 19.0 Å². The Morgan fingerprint density at radius 3 is 2.27 bits per heavy atom. The monoisotopic (exact) mass is 454 g/mol. The third-order valence-electron chi connectivity index (χ3n) is 5.74. The number of rotatable bonds is 4. The number of alkyl halides is 3. The van der Waals surface area contributed by atoms with E-state index in [1.807, 2.05) is 19.1 Å². The number of hydrogen-bond donors (Lipinski definition) is 1. The Hall–Kier alpha value is -3.68. The number of ketones is 1. The summed E-state index contributed by atoms with van der Waals surface area (Å²) in [6.07, 6.45) is -2.50. The van der Waals surface area contributed by atoms with Crippen molar-refractivity contribution >= 4 is 17.4 Å². The zero-order chi connectivity index (χ0) is 23.8. The zero-order valence-corrected chi connectivity index (χ0v) is 17.8. The maximum absolute atomic E-state index is 13.3. The van der Waals surface area contributed by atoms with Gasteiger partial charge in [-0.25, -0.2) is 0 Å². The number of pyridine rings is 1. The minimum Gasteiger partial charge on any atom is -0.322 e. The van der Waals surface area contributed by atoms with Crippen LogP contribution in [0, 0.1) is 0 Å². The number of halogens is 3. The van der Waals surface area contributed by atoms with E-state index in [1.54, 1.807) is 12.1 Å². The molecule has 4 rings (SSSR count). The molecule has 0 spiro atoms. The number of amides is 1. The predicted octanol–water partition coefficient (Wildman–Crippen LogP) is 5.19. The van der Waals surface area contributed by atoms with E-state index >= 15 is 0 Å². The molecule has 1 aromatic heterocycles. The minimum atomic E-state index is -4.52. The number of nitrogens with one attached hydrogen (secondary N) is 1. The lowest BCUT2D eigenvalue weighted by Gasteiger charge is -2.22. The third kappa shape index (κ3) is 4.46. The van der Waals surface area contributed by atoms with Crippen LogP contribution in [0.5, 0.6) is 0 Å². The maximum Gasteiger partial charge on any atom is 0.416 e. The number of carbonyl (C=O) groups is 2. The van der Waals surface area contributed by atoms with Gasteiger partial charge >= 0.3 is 6.18 Å². The first-order valence-electron chi connectivity index (χ1n) is 10.6. The predicted molar refractivity (Wildman–Crippen MR) is 118 cm³/mol. The molecule has 0 bridgehead atoms. The molecule has 0 aliphatic heterocycles. The Kier molecular flexibility index (Phi) is 5.93. The van der Waals surface area contributed by atoms with Crippen molar-refractivity contribution in [1.29, 1.82) is 0 Å². The van der Waals surface area contributed by atoms with Gasteiger partial charge in [-0.2, -0.15) is 13.2 Å². The fraction of sp³-hybridized carbons (Fsp3) is 0.240. The van der Waals surface area contributed by atoms with Crippen LogP contribution in [0.15, 0.2) is 59.4 Å². The molecule has 0 saturated carbocycles. The normalized spacial score (nSPS) is 13.5. The molecule has 1 heterocycles. The molecule has 0 radical (unpaired) electrons. The number of Topliss-reactive ketones (excluding diaryl/α,β-unsaturated/α-hetero) is 1. The second-order valence-corrected chi connectivity index (χ2v) is 7.88. The second-order valence-electron chi connectivity index (χ2n) is 7.88. The van der Waals surface area contributed by atoms with E-state index in [-0.39, 0.29) is 29.0 Å². The van der Waals surface area contributed by atoms with Crippen LogP contribution < -0.4 is 10.9 Å². The Balaban J connectivity index is 1.80. The van der Waals surface area contributed by atoms with Crippen LogP contribution in [-0.2, 0) is 19.0 Å². The summed E-state index contributed by atoms with van der Waals surface area (Å²) >= 11 is 0. The van der Waals surface area contributed by atoms with E-state index in [0.717, 1.165) is 24.1 Å². The minimum absolute atomic E-state index is 0.167. The van der Waals surface area contributed by atoms with Crippen molar-refractivity contribution < 1.29 is 22.8 Å². The standard InChI is InChI=1S/C25H21F3N2O3/c1-2-15-6-10-17(11-7-15)29-23(32)20-14-19-21(4-3-5-22(19)31)30(24(20)33)18-12-8-16(9-13-18)25(26,27)28/h6-14H,2-5H2,1H3,(H,29,32). The first-order valence-corrected chi connectivity index (χ1v) is 10.6. The van der Waals surface area contributed by atoms with E-state index in [1.165, 1.54) is 22.8 Å². The molecule has 33 heavy (non-hydrogen) atoms. The first-order chi connectivity index (χ1) is 15.7. The Morgan fingerprint density at radius 2 is 1.67 bits per heavy atom. The number of hydrogen-bond acceptors (Lipinski definition) is 3. The molecular weight excluding hydrogens is 433 g/mol. The Bertz CT molecular complexity index is 1270. The number of benzene rings is 2. The smallest absolute Gasteiger partial charge is 0.322 e. The average molecular weight is 454 g/mol. The summed E-state index contributed by atoms with van der Waals surface area (Å²) in [7, 11) is 0. The van der Waals surface area contributed by atoms with Crippen LogP contribution in [0.2, 0.25) is 0 Å². The van der Waals surface area contributed by atoms with E-state index in [2.05, 4.69) is 5.32 Å². The zero-order valence-electron chi connectivity index (χ0n) is 17.8. The molecule has 3 aromatic rings. The highest BCUT2D eigenvalue weighted by Gasteiger charge is 2.31. The van der Waals surface area contributed by atoms with E-state index in [0.29, 0.717) is 24.2 Å². The molecule has 1 amide bonds. The largest absolute Gasteiger partial charge is 0.416 e. The van der Waals surface area contributed by atoms with Crippen LogP contribution in [-0.4, -0.2) is 16.3 Å². The Labute approximate surface area is 187 Å². The van der Waals surface area contributed by atoms with Crippen LogP contribution >= 0.6 is 0 Å². The number of nitrogens with zero attached hydrogens (tertiary/aromatic N) is 1. The van der Waals surface area contributed by atoms with Crippen molar-refractivity contribution in [2.24, 2.45) is 0 Å². The quantitative estimate of drug-likeness (QED) is 0.590. The first kappa shape index (κ1) is 22.5. The summed E-state index contributed by atoms with van der Waals surface area (Å²) in [5.74, 6) is -0.899. The van der Waals surface area contributed by atoms with Crippen molar-refractivity contribution in [2.75, 3.05) is 5.32 Å². The summed E-state index contributed by atoms with van der Waals surface area (Å²) in [6, 6.07) is 12.5. The van der Waals surface area contributed by atoms with Gasteiger partial charge in [0.15, 0.2) is 5.78 Å². The number of aryl methyl sites for hydroxylation is 1. The molecule has 1 aliphatic carbocycles. The van der Waals surface area contributed by atoms with Crippen LogP contribution in [0.4, 0.5) is 18.9 Å². The van der Waals surface area contributed by atoms with Crippen molar-refractivity contribution in [3.8, 4) is 5.69 Å². The van der Waals surface area contributed by atoms with Gasteiger partial charge in [-0.15, -0.1) is 0 Å². The van der Waals surface area contributed by atoms with Crippen LogP contribution in [0.3, 0.4) is 0 Å². The highest BCUT2D eigenvalue weighted by molar-refractivity contribution is 6.06. The summed E-state index contributed by atoms with van der Waals surface area (Å²) in [5.41, 5.74) is 0.592. The van der Waals surface area contributed by atoms with Crippen molar-refractivity contribution in [3.05, 3.63) is 92.9 Å². The van der Waals surface area contributed by atoms with Gasteiger partial charge in [0.1, 0.15) is 5.56 Å². The van der Waals surface area contributed by atoms with E-state index in [9.17, 15) is 27.6 Å². The summed E-state index contributed by atoms with van der Waals surface area (Å²) in [5, 5.41) is 2.67. The summed E-state index contributed by atoms with van der Waals surface area (Å²) < 4.78 is 40.1. The number of fused-ring (bicyclic) bond motifs is 1. The fourth-order valence-corrected chi connectivity index (χ4v) is 3.95. The molecule has 0 atom stereocenters. The molecule has 1 N–H and O–H groups in total. The molecule has 170 valence electrons. The fourth-order valence-electron chi connectivity index (χ4n) is 3.95. The highest BCUT2D eigenvalue weighted by Crippen LogP contribution is 2.30. The molecule has 2 aromatic carbocycles. The molecule has 5 nitrogen and oxygen atoms in total. The molecular formula is C25H21F3N2O3. The van der Waals surface area contributed by atoms with Crippen molar-refractivity contribution in [3.63, 3.8) is 0 Å². The van der Waals surface area contributed by atoms with Gasteiger partial charge in [0, 0.05) is 29.1 Å². The van der Waals surface area contributed by atoms with E-state index in [4.69, 9.17) is 0 Å². The molecule has 1 aliphatic rings. The summed E-state index contributed by atoms with van der Waals surface area (Å²) in [6.45, 7) is 2.00. The topological polar surface area (TPSA) is 68.2 Å².